The zero-order valence-corrected chi connectivity index (χ0v) is 28.5. The second-order valence-corrected chi connectivity index (χ2v) is 13.8. The van der Waals surface area contributed by atoms with Crippen LogP contribution in [-0.4, -0.2) is 49.6 Å². The van der Waals surface area contributed by atoms with Gasteiger partial charge in [0.2, 0.25) is 0 Å². The van der Waals surface area contributed by atoms with Crippen LogP contribution in [0.3, 0.4) is 0 Å². The summed E-state index contributed by atoms with van der Waals surface area (Å²) < 4.78 is 11.1. The molecule has 0 atom stereocenters. The van der Waals surface area contributed by atoms with Crippen molar-refractivity contribution in [2.45, 2.75) is 84.2 Å². The fraction of sp³-hybridized carbons (Fsp3) is 0.459. The number of piperidine rings is 1. The van der Waals surface area contributed by atoms with Gasteiger partial charge in [0.05, 0.1) is 12.8 Å². The van der Waals surface area contributed by atoms with Gasteiger partial charge >= 0.3 is 12.1 Å². The monoisotopic (exact) mass is 630 g/mol. The highest BCUT2D eigenvalue weighted by atomic mass is 16.6. The molecule has 0 aliphatic carbocycles. The van der Waals surface area contributed by atoms with Gasteiger partial charge in [-0.05, 0) is 98.5 Å². The summed E-state index contributed by atoms with van der Waals surface area (Å²) >= 11 is 0. The van der Waals surface area contributed by atoms with Crippen LogP contribution in [0.2, 0.25) is 0 Å². The number of carbonyl (C=O) groups is 2. The lowest BCUT2D eigenvalue weighted by Crippen LogP contribution is -2.49. The average molecular weight is 631 g/mol. The number of phenolic OH excluding ortho intramolecular Hbond substituents is 1. The summed E-state index contributed by atoms with van der Waals surface area (Å²) in [6.07, 6.45) is 1.02. The van der Waals surface area contributed by atoms with Crippen LogP contribution < -0.4 is 25.6 Å². The molecule has 3 amide bonds. The zero-order chi connectivity index (χ0) is 33.6. The van der Waals surface area contributed by atoms with E-state index in [1.165, 1.54) is 0 Å². The third kappa shape index (κ3) is 8.44. The maximum Gasteiger partial charge on any atom is 0.412 e. The lowest BCUT2D eigenvalue weighted by Gasteiger charge is -2.43. The van der Waals surface area contributed by atoms with E-state index in [1.807, 2.05) is 69.3 Å². The summed E-state index contributed by atoms with van der Waals surface area (Å²) in [6.45, 7) is 15.6. The van der Waals surface area contributed by atoms with E-state index < -0.39 is 11.7 Å². The number of aromatic hydroxyl groups is 1. The van der Waals surface area contributed by atoms with Crippen molar-refractivity contribution < 1.29 is 24.2 Å². The van der Waals surface area contributed by atoms with Crippen molar-refractivity contribution >= 4 is 29.2 Å². The number of anilines is 3. The smallest absolute Gasteiger partial charge is 0.412 e. The molecular formula is C37H50N4O5. The van der Waals surface area contributed by atoms with Crippen molar-refractivity contribution in [3.05, 3.63) is 77.4 Å². The average Bonchev–Trinajstić information content (AvgIpc) is 2.99. The second kappa shape index (κ2) is 14.4. The molecule has 1 aliphatic rings. The number of nitrogens with one attached hydrogen (secondary N) is 3. The number of rotatable bonds is 9. The number of hydrogen-bond donors (Lipinski definition) is 4. The summed E-state index contributed by atoms with van der Waals surface area (Å²) in [5.74, 6) is 1.19. The van der Waals surface area contributed by atoms with Gasteiger partial charge in [0, 0.05) is 36.4 Å². The predicted octanol–water partition coefficient (Wildman–Crippen LogP) is 8.35. The first-order chi connectivity index (χ1) is 21.7. The molecule has 248 valence electrons. The molecule has 3 aromatic carbocycles. The number of methoxy groups -OCH3 is 1. The fourth-order valence-electron chi connectivity index (χ4n) is 6.11. The molecule has 0 radical (unpaired) electrons. The van der Waals surface area contributed by atoms with Crippen LogP contribution in [-0.2, 0) is 10.2 Å². The maximum absolute atomic E-state index is 13.6. The summed E-state index contributed by atoms with van der Waals surface area (Å²) in [5, 5.41) is 19.6. The highest BCUT2D eigenvalue weighted by Gasteiger charge is 2.37. The van der Waals surface area contributed by atoms with E-state index in [-0.39, 0.29) is 29.0 Å². The van der Waals surface area contributed by atoms with Gasteiger partial charge in [-0.25, -0.2) is 9.59 Å². The molecule has 3 aromatic rings. The standard InChI is InChI=1S/C37H50N4O5/c1-24(2)29-21-27(39-35(44)46-36(5,6)7)22-30(25(3)4)33(29)40-34(43)38-23-37(26-12-11-13-28(42)20-26)16-18-41(19-17-37)31-14-9-10-15-32(31)45-8/h9-15,20-22,24-25,42H,16-19,23H2,1-8H3,(H,39,44)(H2,38,40,43). The minimum absolute atomic E-state index is 0.0751. The van der Waals surface area contributed by atoms with Crippen LogP contribution in [0.15, 0.2) is 60.7 Å². The van der Waals surface area contributed by atoms with E-state index in [9.17, 15) is 14.7 Å². The molecule has 4 N–H and O–H groups in total. The number of hydrogen-bond acceptors (Lipinski definition) is 6. The minimum atomic E-state index is -0.619. The fourth-order valence-corrected chi connectivity index (χ4v) is 6.11. The Balaban J connectivity index is 1.56. The molecule has 0 unspecified atom stereocenters. The van der Waals surface area contributed by atoms with Crippen molar-refractivity contribution in [2.24, 2.45) is 0 Å². The molecule has 1 saturated heterocycles. The van der Waals surface area contributed by atoms with Gasteiger partial charge in [-0.2, -0.15) is 0 Å². The second-order valence-electron chi connectivity index (χ2n) is 13.8. The first-order valence-electron chi connectivity index (χ1n) is 16.1. The number of ether oxygens (including phenoxy) is 2. The van der Waals surface area contributed by atoms with Gasteiger partial charge in [-0.3, -0.25) is 5.32 Å². The Morgan fingerprint density at radius 2 is 1.54 bits per heavy atom. The maximum atomic E-state index is 13.6. The first-order valence-corrected chi connectivity index (χ1v) is 16.1. The van der Waals surface area contributed by atoms with Crippen LogP contribution in [0.4, 0.5) is 26.7 Å². The molecule has 0 bridgehead atoms. The summed E-state index contributed by atoms with van der Waals surface area (Å²) in [7, 11) is 1.68. The van der Waals surface area contributed by atoms with Crippen LogP contribution in [0.1, 0.15) is 89.8 Å². The van der Waals surface area contributed by atoms with Crippen molar-refractivity contribution in [3.8, 4) is 11.5 Å². The predicted molar refractivity (Wildman–Crippen MR) is 186 cm³/mol. The van der Waals surface area contributed by atoms with Gasteiger partial charge < -0.3 is 30.1 Å². The van der Waals surface area contributed by atoms with Crippen LogP contribution >= 0.6 is 0 Å². The summed E-state index contributed by atoms with van der Waals surface area (Å²) in [6, 6.07) is 18.9. The SMILES string of the molecule is COc1ccccc1N1CCC(CNC(=O)Nc2c(C(C)C)cc(NC(=O)OC(C)(C)C)cc2C(C)C)(c2cccc(O)c2)CC1. The largest absolute Gasteiger partial charge is 0.508 e. The van der Waals surface area contributed by atoms with Crippen LogP contribution in [0, 0.1) is 0 Å². The van der Waals surface area contributed by atoms with E-state index in [0.717, 1.165) is 59.7 Å². The van der Waals surface area contributed by atoms with Gasteiger partial charge in [0.25, 0.3) is 0 Å². The molecular weight excluding hydrogens is 580 g/mol. The third-order valence-corrected chi connectivity index (χ3v) is 8.52. The number of carbonyl (C=O) groups excluding carboxylic acids is 2. The molecule has 1 heterocycles. The van der Waals surface area contributed by atoms with Crippen molar-refractivity contribution in [1.29, 1.82) is 0 Å². The number of urea groups is 1. The molecule has 1 fully saturated rings. The van der Waals surface area contributed by atoms with Crippen molar-refractivity contribution in [3.63, 3.8) is 0 Å². The zero-order valence-electron chi connectivity index (χ0n) is 28.5. The lowest BCUT2D eigenvalue weighted by molar-refractivity contribution is 0.0636. The normalized spacial score (nSPS) is 14.6. The van der Waals surface area contributed by atoms with E-state index in [4.69, 9.17) is 9.47 Å². The Hall–Kier alpha value is -4.40. The number of phenols is 1. The van der Waals surface area contributed by atoms with Crippen molar-refractivity contribution in [1.82, 2.24) is 5.32 Å². The Morgan fingerprint density at radius 3 is 2.11 bits per heavy atom. The highest BCUT2D eigenvalue weighted by molar-refractivity contribution is 5.93. The van der Waals surface area contributed by atoms with Gasteiger partial charge in [-0.15, -0.1) is 0 Å². The van der Waals surface area contributed by atoms with Crippen LogP contribution in [0.25, 0.3) is 0 Å². The quantitative estimate of drug-likeness (QED) is 0.189. The highest BCUT2D eigenvalue weighted by Crippen LogP contribution is 2.40. The minimum Gasteiger partial charge on any atom is -0.508 e. The summed E-state index contributed by atoms with van der Waals surface area (Å²) in [4.78, 5) is 28.5. The van der Waals surface area contributed by atoms with Gasteiger partial charge in [0.1, 0.15) is 17.1 Å². The Kier molecular flexibility index (Phi) is 10.8. The van der Waals surface area contributed by atoms with Crippen molar-refractivity contribution in [2.75, 3.05) is 42.3 Å². The van der Waals surface area contributed by atoms with Gasteiger partial charge in [0.15, 0.2) is 0 Å². The molecule has 0 saturated carbocycles. The number of nitrogens with zero attached hydrogens (tertiary/aromatic N) is 1. The topological polar surface area (TPSA) is 112 Å². The molecule has 1 aliphatic heterocycles. The molecule has 46 heavy (non-hydrogen) atoms. The van der Waals surface area contributed by atoms with Crippen LogP contribution in [0.5, 0.6) is 11.5 Å². The molecule has 9 heteroatoms. The molecule has 0 aromatic heterocycles. The Labute approximate surface area is 273 Å². The Morgan fingerprint density at radius 1 is 0.913 bits per heavy atom. The first kappa shape index (κ1) is 34.5. The van der Waals surface area contributed by atoms with E-state index in [1.54, 1.807) is 13.2 Å². The third-order valence-electron chi connectivity index (χ3n) is 8.52. The van der Waals surface area contributed by atoms with E-state index in [0.29, 0.717) is 12.2 Å². The number of para-hydroxylation sites is 2. The summed E-state index contributed by atoms with van der Waals surface area (Å²) in [5.41, 5.74) is 4.25. The Bertz CT molecular complexity index is 1490. The molecule has 4 rings (SSSR count). The van der Waals surface area contributed by atoms with E-state index in [2.05, 4.69) is 54.6 Å². The van der Waals surface area contributed by atoms with E-state index >= 15 is 0 Å². The molecule has 0 spiro atoms. The van der Waals surface area contributed by atoms with Gasteiger partial charge in [-0.1, -0.05) is 52.0 Å². The number of benzene rings is 3. The lowest BCUT2D eigenvalue weighted by atomic mass is 9.72. The molecule has 9 nitrogen and oxygen atoms in total. The number of amides is 3.